The molecule has 1 aliphatic rings. The van der Waals surface area contributed by atoms with Crippen molar-refractivity contribution in [1.82, 2.24) is 19.7 Å². The first-order valence-electron chi connectivity index (χ1n) is 10.9. The molecular formula is C24H27FN4O2S. The molecule has 32 heavy (non-hydrogen) atoms. The van der Waals surface area contributed by atoms with Crippen LogP contribution >= 0.6 is 11.8 Å². The molecule has 0 aliphatic carbocycles. The maximum Gasteiger partial charge on any atom is 0.191 e. The third-order valence-corrected chi connectivity index (χ3v) is 6.55. The summed E-state index contributed by atoms with van der Waals surface area (Å²) in [5.74, 6) is 0.733. The third-order valence-electron chi connectivity index (χ3n) is 5.58. The number of benzene rings is 2. The van der Waals surface area contributed by atoms with Crippen molar-refractivity contribution in [2.75, 3.05) is 38.6 Å². The normalized spacial score (nSPS) is 14.6. The molecule has 1 fully saturated rings. The number of aryl methyl sites for hydroxylation is 1. The number of hydrogen-bond acceptors (Lipinski definition) is 6. The number of aromatic nitrogens is 3. The highest BCUT2D eigenvalue weighted by molar-refractivity contribution is 7.99. The van der Waals surface area contributed by atoms with Crippen molar-refractivity contribution in [2.45, 2.75) is 25.0 Å². The van der Waals surface area contributed by atoms with E-state index in [0.717, 1.165) is 44.8 Å². The van der Waals surface area contributed by atoms with Gasteiger partial charge in [0.1, 0.15) is 5.82 Å². The number of ketones is 1. The maximum atomic E-state index is 13.4. The first-order valence-corrected chi connectivity index (χ1v) is 11.9. The number of ether oxygens (including phenoxy) is 1. The van der Waals surface area contributed by atoms with E-state index in [-0.39, 0.29) is 17.4 Å². The number of carbonyl (C=O) groups is 1. The van der Waals surface area contributed by atoms with Crippen LogP contribution in [-0.2, 0) is 17.7 Å². The fourth-order valence-corrected chi connectivity index (χ4v) is 4.47. The Hall–Kier alpha value is -2.55. The summed E-state index contributed by atoms with van der Waals surface area (Å²) >= 11 is 1.39. The van der Waals surface area contributed by atoms with Crippen molar-refractivity contribution >= 4 is 17.5 Å². The molecular weight excluding hydrogens is 427 g/mol. The number of nitrogens with zero attached hydrogens (tertiary/aromatic N) is 4. The van der Waals surface area contributed by atoms with Crippen LogP contribution in [0.2, 0.25) is 0 Å². The Morgan fingerprint density at radius 1 is 1.03 bits per heavy atom. The number of morpholine rings is 1. The topological polar surface area (TPSA) is 60.2 Å². The van der Waals surface area contributed by atoms with E-state index in [1.165, 1.54) is 29.5 Å². The molecule has 3 aromatic rings. The SMILES string of the molecule is CCc1ccc(C(=O)CSc2nnc(-c3ccc(F)cc3)n2CCN2CCOCC2)cc1. The van der Waals surface area contributed by atoms with Crippen LogP contribution in [0.15, 0.2) is 53.7 Å². The van der Waals surface area contributed by atoms with Crippen molar-refractivity contribution in [1.29, 1.82) is 0 Å². The van der Waals surface area contributed by atoms with Crippen LogP contribution in [0.5, 0.6) is 0 Å². The lowest BCUT2D eigenvalue weighted by Gasteiger charge is -2.27. The third kappa shape index (κ3) is 5.62. The van der Waals surface area contributed by atoms with Gasteiger partial charge in [-0.3, -0.25) is 9.69 Å². The molecule has 1 saturated heterocycles. The van der Waals surface area contributed by atoms with Gasteiger partial charge in [-0.2, -0.15) is 0 Å². The smallest absolute Gasteiger partial charge is 0.191 e. The van der Waals surface area contributed by atoms with Gasteiger partial charge in [-0.05, 0) is 36.2 Å². The second kappa shape index (κ2) is 10.8. The van der Waals surface area contributed by atoms with E-state index >= 15 is 0 Å². The lowest BCUT2D eigenvalue weighted by atomic mass is 10.1. The Labute approximate surface area is 191 Å². The van der Waals surface area contributed by atoms with E-state index in [1.807, 2.05) is 28.8 Å². The predicted molar refractivity (Wildman–Crippen MR) is 124 cm³/mol. The first-order chi connectivity index (χ1) is 15.6. The molecule has 8 heteroatoms. The predicted octanol–water partition coefficient (Wildman–Crippen LogP) is 3.95. The Balaban J connectivity index is 1.50. The lowest BCUT2D eigenvalue weighted by molar-refractivity contribution is 0.0361. The number of carbonyl (C=O) groups excluding carboxylic acids is 1. The zero-order chi connectivity index (χ0) is 22.3. The van der Waals surface area contributed by atoms with Crippen LogP contribution < -0.4 is 0 Å². The van der Waals surface area contributed by atoms with Crippen LogP contribution in [0.4, 0.5) is 4.39 Å². The zero-order valence-corrected chi connectivity index (χ0v) is 19.0. The highest BCUT2D eigenvalue weighted by Gasteiger charge is 2.18. The van der Waals surface area contributed by atoms with Gasteiger partial charge in [0.2, 0.25) is 0 Å². The molecule has 2 aromatic carbocycles. The first kappa shape index (κ1) is 22.6. The Morgan fingerprint density at radius 2 is 1.75 bits per heavy atom. The van der Waals surface area contributed by atoms with E-state index in [4.69, 9.17) is 4.74 Å². The molecule has 0 spiro atoms. The molecule has 4 rings (SSSR count). The molecule has 0 bridgehead atoms. The van der Waals surface area contributed by atoms with Crippen molar-refractivity contribution in [2.24, 2.45) is 0 Å². The average molecular weight is 455 g/mol. The van der Waals surface area contributed by atoms with Gasteiger partial charge in [-0.15, -0.1) is 10.2 Å². The van der Waals surface area contributed by atoms with Crippen LogP contribution in [0, 0.1) is 5.82 Å². The number of thioether (sulfide) groups is 1. The van der Waals surface area contributed by atoms with Crippen LogP contribution in [0.3, 0.4) is 0 Å². The largest absolute Gasteiger partial charge is 0.379 e. The van der Waals surface area contributed by atoms with E-state index in [9.17, 15) is 9.18 Å². The summed E-state index contributed by atoms with van der Waals surface area (Å²) in [7, 11) is 0. The minimum Gasteiger partial charge on any atom is -0.379 e. The van der Waals surface area contributed by atoms with Gasteiger partial charge in [0.15, 0.2) is 16.8 Å². The molecule has 1 aliphatic heterocycles. The van der Waals surface area contributed by atoms with Crippen LogP contribution in [0.25, 0.3) is 11.4 Å². The second-order valence-corrected chi connectivity index (χ2v) is 8.62. The second-order valence-electron chi connectivity index (χ2n) is 7.68. The van der Waals surface area contributed by atoms with E-state index in [0.29, 0.717) is 23.1 Å². The monoisotopic (exact) mass is 454 g/mol. The molecule has 0 saturated carbocycles. The fourth-order valence-electron chi connectivity index (χ4n) is 3.62. The van der Waals surface area contributed by atoms with Gasteiger partial charge in [0, 0.05) is 37.3 Å². The highest BCUT2D eigenvalue weighted by Crippen LogP contribution is 2.25. The minimum absolute atomic E-state index is 0.0590. The van der Waals surface area contributed by atoms with Gasteiger partial charge in [-0.1, -0.05) is 43.0 Å². The van der Waals surface area contributed by atoms with Gasteiger partial charge < -0.3 is 9.30 Å². The summed E-state index contributed by atoms with van der Waals surface area (Å²) in [5.41, 5.74) is 2.71. The fraction of sp³-hybridized carbons (Fsp3) is 0.375. The number of halogens is 1. The zero-order valence-electron chi connectivity index (χ0n) is 18.2. The molecule has 0 N–H and O–H groups in total. The molecule has 0 amide bonds. The quantitative estimate of drug-likeness (QED) is 0.360. The number of hydrogen-bond donors (Lipinski definition) is 0. The summed E-state index contributed by atoms with van der Waals surface area (Å²) in [6.07, 6.45) is 0.946. The van der Waals surface area contributed by atoms with Crippen molar-refractivity contribution in [3.63, 3.8) is 0 Å². The summed E-state index contributed by atoms with van der Waals surface area (Å²) in [5, 5.41) is 9.42. The standard InChI is InChI=1S/C24H27FN4O2S/c1-2-18-3-5-19(6-4-18)22(30)17-32-24-27-26-23(20-7-9-21(25)10-8-20)29(24)12-11-28-13-15-31-16-14-28/h3-10H,2,11-17H2,1H3. The highest BCUT2D eigenvalue weighted by atomic mass is 32.2. The molecule has 0 atom stereocenters. The van der Waals surface area contributed by atoms with E-state index in [1.54, 1.807) is 12.1 Å². The number of rotatable bonds is 9. The molecule has 0 radical (unpaired) electrons. The van der Waals surface area contributed by atoms with E-state index < -0.39 is 0 Å². The van der Waals surface area contributed by atoms with Gasteiger partial charge in [0.05, 0.1) is 19.0 Å². The van der Waals surface area contributed by atoms with Crippen molar-refractivity contribution in [3.05, 3.63) is 65.5 Å². The van der Waals surface area contributed by atoms with Gasteiger partial charge >= 0.3 is 0 Å². The van der Waals surface area contributed by atoms with E-state index in [2.05, 4.69) is 22.0 Å². The van der Waals surface area contributed by atoms with Crippen molar-refractivity contribution < 1.29 is 13.9 Å². The Morgan fingerprint density at radius 3 is 2.44 bits per heavy atom. The molecule has 2 heterocycles. The molecule has 0 unspecified atom stereocenters. The summed E-state index contributed by atoms with van der Waals surface area (Å²) in [6, 6.07) is 14.0. The minimum atomic E-state index is -0.289. The maximum absolute atomic E-state index is 13.4. The Bertz CT molecular complexity index is 1030. The van der Waals surface area contributed by atoms with Gasteiger partial charge in [-0.25, -0.2) is 4.39 Å². The molecule has 6 nitrogen and oxygen atoms in total. The Kier molecular flexibility index (Phi) is 7.68. The van der Waals surface area contributed by atoms with Crippen molar-refractivity contribution in [3.8, 4) is 11.4 Å². The summed E-state index contributed by atoms with van der Waals surface area (Å²) in [4.78, 5) is 15.0. The van der Waals surface area contributed by atoms with Gasteiger partial charge in [0.25, 0.3) is 0 Å². The van der Waals surface area contributed by atoms with Crippen LogP contribution in [-0.4, -0.2) is 64.0 Å². The molecule has 1 aromatic heterocycles. The average Bonchev–Trinajstić information content (AvgIpc) is 3.25. The van der Waals surface area contributed by atoms with Crippen LogP contribution in [0.1, 0.15) is 22.8 Å². The summed E-state index contributed by atoms with van der Waals surface area (Å²) < 4.78 is 20.9. The summed E-state index contributed by atoms with van der Waals surface area (Å²) in [6.45, 7) is 6.86. The number of Topliss-reactive ketones (excluding diaryl/α,β-unsaturated/α-hetero) is 1. The molecule has 168 valence electrons. The lowest BCUT2D eigenvalue weighted by Crippen LogP contribution is -2.38.